The van der Waals surface area contributed by atoms with Gasteiger partial charge in [0.2, 0.25) is 0 Å². The molecule has 0 N–H and O–H groups in total. The Morgan fingerprint density at radius 1 is 0.741 bits per heavy atom. The van der Waals surface area contributed by atoms with Gasteiger partial charge < -0.3 is 0 Å². The lowest BCUT2D eigenvalue weighted by atomic mass is 10.1. The number of rotatable bonds is 3. The predicted molar refractivity (Wildman–Crippen MR) is 120 cm³/mol. The highest BCUT2D eigenvalue weighted by molar-refractivity contribution is 9.10. The van der Waals surface area contributed by atoms with Gasteiger partial charge in [-0.2, -0.15) is 5.10 Å². The van der Waals surface area contributed by atoms with Crippen LogP contribution >= 0.6 is 55.1 Å². The average molecular weight is 523 g/mol. The Bertz CT molecular complexity index is 1140. The van der Waals surface area contributed by atoms with Crippen molar-refractivity contribution in [1.29, 1.82) is 0 Å². The minimum atomic E-state index is 0.589. The first-order valence-electron chi connectivity index (χ1n) is 8.09. The van der Waals surface area contributed by atoms with Crippen LogP contribution in [-0.4, -0.2) is 9.78 Å². The summed E-state index contributed by atoms with van der Waals surface area (Å²) in [4.78, 5) is 0. The summed E-state index contributed by atoms with van der Waals surface area (Å²) >= 11 is 20.1. The van der Waals surface area contributed by atoms with E-state index in [9.17, 15) is 0 Å². The highest BCUT2D eigenvalue weighted by Crippen LogP contribution is 2.39. The van der Waals surface area contributed by atoms with Crippen LogP contribution in [0.25, 0.3) is 28.2 Å². The van der Waals surface area contributed by atoms with Crippen molar-refractivity contribution >= 4 is 55.1 Å². The lowest BCUT2D eigenvalue weighted by Gasteiger charge is -2.09. The van der Waals surface area contributed by atoms with E-state index in [2.05, 4.69) is 31.9 Å². The number of hydrogen-bond donors (Lipinski definition) is 0. The maximum Gasteiger partial charge on any atom is 0.112 e. The lowest BCUT2D eigenvalue weighted by molar-refractivity contribution is 0.892. The van der Waals surface area contributed by atoms with Gasteiger partial charge in [-0.15, -0.1) is 0 Å². The minimum Gasteiger partial charge on any atom is -0.231 e. The van der Waals surface area contributed by atoms with Gasteiger partial charge in [0.1, 0.15) is 5.69 Å². The van der Waals surface area contributed by atoms with Crippen LogP contribution in [0.15, 0.2) is 81.7 Å². The minimum absolute atomic E-state index is 0.589. The third kappa shape index (κ3) is 3.85. The zero-order valence-corrected chi connectivity index (χ0v) is 18.5. The molecule has 0 aliphatic carbocycles. The third-order valence-corrected chi connectivity index (χ3v) is 5.66. The van der Waals surface area contributed by atoms with Gasteiger partial charge in [0, 0.05) is 25.1 Å². The lowest BCUT2D eigenvalue weighted by Crippen LogP contribution is -1.99. The summed E-state index contributed by atoms with van der Waals surface area (Å²) < 4.78 is 3.78. The molecule has 1 heterocycles. The molecule has 1 aromatic heterocycles. The summed E-state index contributed by atoms with van der Waals surface area (Å²) in [6.45, 7) is 0. The Balaban J connectivity index is 2.00. The van der Waals surface area contributed by atoms with Gasteiger partial charge >= 0.3 is 0 Å². The molecule has 0 saturated heterocycles. The molecule has 0 radical (unpaired) electrons. The third-order valence-electron chi connectivity index (χ3n) is 4.08. The van der Waals surface area contributed by atoms with Crippen molar-refractivity contribution < 1.29 is 0 Å². The van der Waals surface area contributed by atoms with Crippen LogP contribution in [0.5, 0.6) is 0 Å². The normalized spacial score (nSPS) is 11.0. The fourth-order valence-corrected chi connectivity index (χ4v) is 4.22. The monoisotopic (exact) mass is 520 g/mol. The molecule has 27 heavy (non-hydrogen) atoms. The van der Waals surface area contributed by atoms with Crippen molar-refractivity contribution in [3.05, 3.63) is 91.8 Å². The number of halogens is 4. The smallest absolute Gasteiger partial charge is 0.112 e. The summed E-state index contributed by atoms with van der Waals surface area (Å²) in [6.07, 6.45) is 0. The van der Waals surface area contributed by atoms with Crippen molar-refractivity contribution in [2.45, 2.75) is 0 Å². The largest absolute Gasteiger partial charge is 0.231 e. The molecule has 0 saturated carbocycles. The molecular formula is C21H12Br2Cl2N2. The molecule has 6 heteroatoms. The topological polar surface area (TPSA) is 17.8 Å². The molecule has 4 rings (SSSR count). The quantitative estimate of drug-likeness (QED) is 0.266. The zero-order valence-electron chi connectivity index (χ0n) is 13.8. The first kappa shape index (κ1) is 18.8. The van der Waals surface area contributed by atoms with E-state index < -0.39 is 0 Å². The van der Waals surface area contributed by atoms with Crippen LogP contribution in [0.2, 0.25) is 10.0 Å². The van der Waals surface area contributed by atoms with Gasteiger partial charge in [-0.05, 0) is 42.5 Å². The van der Waals surface area contributed by atoms with E-state index in [-0.39, 0.29) is 0 Å². The summed E-state index contributed by atoms with van der Waals surface area (Å²) in [6, 6.07) is 23.5. The molecule has 0 bridgehead atoms. The Morgan fingerprint density at radius 3 is 2.04 bits per heavy atom. The van der Waals surface area contributed by atoms with Crippen molar-refractivity contribution in [2.24, 2.45) is 0 Å². The van der Waals surface area contributed by atoms with Gasteiger partial charge in [-0.3, -0.25) is 0 Å². The van der Waals surface area contributed by atoms with Crippen molar-refractivity contribution in [1.82, 2.24) is 9.78 Å². The Labute approximate surface area is 184 Å². The predicted octanol–water partition coefficient (Wildman–Crippen LogP) is 8.04. The zero-order chi connectivity index (χ0) is 19.0. The second-order valence-electron chi connectivity index (χ2n) is 5.92. The van der Waals surface area contributed by atoms with Crippen molar-refractivity contribution in [3.63, 3.8) is 0 Å². The molecule has 0 unspecified atom stereocenters. The van der Waals surface area contributed by atoms with E-state index in [1.54, 1.807) is 0 Å². The second-order valence-corrected chi connectivity index (χ2v) is 8.57. The maximum absolute atomic E-state index is 6.85. The van der Waals surface area contributed by atoms with Crippen LogP contribution in [0, 0.1) is 0 Å². The first-order chi connectivity index (χ1) is 13.0. The van der Waals surface area contributed by atoms with Gasteiger partial charge in [0.15, 0.2) is 0 Å². The van der Waals surface area contributed by atoms with E-state index in [1.165, 1.54) is 0 Å². The SMILES string of the molecule is Clc1cccc(-n2nc(-c3cccc(Br)c3)c(Cl)c2-c2cccc(Br)c2)c1. The first-order valence-corrected chi connectivity index (χ1v) is 10.4. The van der Waals surface area contributed by atoms with Crippen LogP contribution < -0.4 is 0 Å². The van der Waals surface area contributed by atoms with Gasteiger partial charge in [-0.1, -0.05) is 85.4 Å². The summed E-state index contributed by atoms with van der Waals surface area (Å²) in [5.41, 5.74) is 4.28. The van der Waals surface area contributed by atoms with Crippen LogP contribution in [0.3, 0.4) is 0 Å². The van der Waals surface area contributed by atoms with Crippen LogP contribution in [0.4, 0.5) is 0 Å². The molecule has 4 aromatic rings. The van der Waals surface area contributed by atoms with Gasteiger partial charge in [-0.25, -0.2) is 4.68 Å². The standard InChI is InChI=1S/C21H12Br2Cl2N2/c22-15-6-1-4-13(10-15)20-19(25)21(14-5-2-7-16(23)11-14)27(26-20)18-9-3-8-17(24)12-18/h1-12H. The van der Waals surface area contributed by atoms with E-state index in [1.807, 2.05) is 77.5 Å². The molecule has 0 aliphatic rings. The van der Waals surface area contributed by atoms with Gasteiger partial charge in [0.05, 0.1) is 16.4 Å². The van der Waals surface area contributed by atoms with E-state index in [0.717, 1.165) is 31.5 Å². The molecule has 0 fully saturated rings. The molecule has 2 nitrogen and oxygen atoms in total. The maximum atomic E-state index is 6.85. The summed E-state index contributed by atoms with van der Waals surface area (Å²) in [5, 5.41) is 6.06. The Kier molecular flexibility index (Phi) is 5.42. The van der Waals surface area contributed by atoms with Crippen molar-refractivity contribution in [2.75, 3.05) is 0 Å². The molecular weight excluding hydrogens is 511 g/mol. The molecule has 0 atom stereocenters. The van der Waals surface area contributed by atoms with E-state index in [4.69, 9.17) is 28.3 Å². The van der Waals surface area contributed by atoms with Crippen LogP contribution in [-0.2, 0) is 0 Å². The number of benzene rings is 3. The van der Waals surface area contributed by atoms with E-state index in [0.29, 0.717) is 15.7 Å². The number of hydrogen-bond acceptors (Lipinski definition) is 1. The average Bonchev–Trinajstić information content (AvgIpc) is 2.99. The molecule has 0 amide bonds. The fourth-order valence-electron chi connectivity index (χ4n) is 2.90. The highest BCUT2D eigenvalue weighted by atomic mass is 79.9. The Hall–Kier alpha value is -1.59. The highest BCUT2D eigenvalue weighted by Gasteiger charge is 2.20. The molecule has 0 aliphatic heterocycles. The molecule has 0 spiro atoms. The number of nitrogens with zero attached hydrogens (tertiary/aromatic N) is 2. The molecule has 134 valence electrons. The van der Waals surface area contributed by atoms with Crippen LogP contribution in [0.1, 0.15) is 0 Å². The summed E-state index contributed by atoms with van der Waals surface area (Å²) in [5.74, 6) is 0. The Morgan fingerprint density at radius 2 is 1.37 bits per heavy atom. The second kappa shape index (κ2) is 7.80. The number of aromatic nitrogens is 2. The molecule has 3 aromatic carbocycles. The fraction of sp³-hybridized carbons (Fsp3) is 0. The van der Waals surface area contributed by atoms with Gasteiger partial charge in [0.25, 0.3) is 0 Å². The summed E-state index contributed by atoms with van der Waals surface area (Å²) in [7, 11) is 0. The van der Waals surface area contributed by atoms with E-state index >= 15 is 0 Å². The van der Waals surface area contributed by atoms with Crippen molar-refractivity contribution in [3.8, 4) is 28.2 Å².